The van der Waals surface area contributed by atoms with E-state index in [2.05, 4.69) is 11.4 Å². The van der Waals surface area contributed by atoms with E-state index in [0.29, 0.717) is 6.04 Å². The van der Waals surface area contributed by atoms with Gasteiger partial charge in [0.1, 0.15) is 5.54 Å². The van der Waals surface area contributed by atoms with E-state index in [9.17, 15) is 0 Å². The lowest BCUT2D eigenvalue weighted by Gasteiger charge is -2.38. The molecule has 1 heterocycles. The van der Waals surface area contributed by atoms with E-state index in [1.165, 1.54) is 38.5 Å². The van der Waals surface area contributed by atoms with Crippen molar-refractivity contribution in [3.05, 3.63) is 0 Å². The zero-order valence-corrected chi connectivity index (χ0v) is 9.41. The molecule has 0 radical (unpaired) electrons. The van der Waals surface area contributed by atoms with Crippen molar-refractivity contribution in [3.8, 4) is 6.07 Å². The van der Waals surface area contributed by atoms with Crippen LogP contribution in [-0.4, -0.2) is 23.1 Å². The Morgan fingerprint density at radius 2 is 1.79 bits per heavy atom. The third kappa shape index (κ3) is 2.24. The molecular formula is C11H18N2S. The first-order chi connectivity index (χ1) is 6.85. The SMILES string of the molecule is N#CC1(NC2CCCCCC2)CSC1. The molecule has 2 aliphatic rings. The van der Waals surface area contributed by atoms with E-state index in [1.807, 2.05) is 11.8 Å². The topological polar surface area (TPSA) is 35.8 Å². The summed E-state index contributed by atoms with van der Waals surface area (Å²) in [6, 6.07) is 3.06. The van der Waals surface area contributed by atoms with Crippen LogP contribution in [-0.2, 0) is 0 Å². The van der Waals surface area contributed by atoms with E-state index in [-0.39, 0.29) is 5.54 Å². The molecule has 0 bridgehead atoms. The average Bonchev–Trinajstić information content (AvgIpc) is 2.39. The molecule has 0 aromatic carbocycles. The highest BCUT2D eigenvalue weighted by Gasteiger charge is 2.39. The summed E-state index contributed by atoms with van der Waals surface area (Å²) in [6.45, 7) is 0. The molecule has 0 aromatic heterocycles. The summed E-state index contributed by atoms with van der Waals surface area (Å²) in [7, 11) is 0. The minimum absolute atomic E-state index is 0.167. The fourth-order valence-corrected chi connectivity index (χ4v) is 3.21. The van der Waals surface area contributed by atoms with Gasteiger partial charge in [-0.1, -0.05) is 25.7 Å². The molecule has 0 spiro atoms. The minimum Gasteiger partial charge on any atom is -0.295 e. The van der Waals surface area contributed by atoms with E-state index in [0.717, 1.165) is 11.5 Å². The summed E-state index contributed by atoms with van der Waals surface area (Å²) in [5, 5.41) is 12.7. The van der Waals surface area contributed by atoms with Gasteiger partial charge in [-0.2, -0.15) is 17.0 Å². The van der Waals surface area contributed by atoms with Crippen LogP contribution >= 0.6 is 11.8 Å². The van der Waals surface area contributed by atoms with Crippen LogP contribution in [0.1, 0.15) is 38.5 Å². The lowest BCUT2D eigenvalue weighted by atomic mass is 10.0. The number of rotatable bonds is 2. The highest BCUT2D eigenvalue weighted by Crippen LogP contribution is 2.31. The zero-order valence-electron chi connectivity index (χ0n) is 8.59. The number of hydrogen-bond acceptors (Lipinski definition) is 3. The Morgan fingerprint density at radius 3 is 2.21 bits per heavy atom. The van der Waals surface area contributed by atoms with Gasteiger partial charge in [0.15, 0.2) is 0 Å². The van der Waals surface area contributed by atoms with Gasteiger partial charge >= 0.3 is 0 Å². The van der Waals surface area contributed by atoms with E-state index < -0.39 is 0 Å². The molecule has 1 aliphatic carbocycles. The van der Waals surface area contributed by atoms with Crippen molar-refractivity contribution in [2.75, 3.05) is 11.5 Å². The lowest BCUT2D eigenvalue weighted by Crippen LogP contribution is -2.58. The Hall–Kier alpha value is -0.200. The van der Waals surface area contributed by atoms with Crippen molar-refractivity contribution in [2.24, 2.45) is 0 Å². The average molecular weight is 210 g/mol. The predicted molar refractivity (Wildman–Crippen MR) is 60.3 cm³/mol. The van der Waals surface area contributed by atoms with Crippen molar-refractivity contribution in [1.82, 2.24) is 5.32 Å². The summed E-state index contributed by atoms with van der Waals surface area (Å²) >= 11 is 1.88. The van der Waals surface area contributed by atoms with Crippen molar-refractivity contribution >= 4 is 11.8 Å². The first kappa shape index (κ1) is 10.3. The Morgan fingerprint density at radius 1 is 1.14 bits per heavy atom. The zero-order chi connectivity index (χ0) is 9.86. The predicted octanol–water partition coefficient (Wildman–Crippen LogP) is 2.31. The number of thioether (sulfide) groups is 1. The third-order valence-electron chi connectivity index (χ3n) is 3.25. The molecule has 2 fully saturated rings. The molecule has 0 atom stereocenters. The molecule has 0 aromatic rings. The lowest BCUT2D eigenvalue weighted by molar-refractivity contribution is 0.368. The van der Waals surface area contributed by atoms with Crippen LogP contribution in [0.2, 0.25) is 0 Å². The number of hydrogen-bond donors (Lipinski definition) is 1. The number of nitriles is 1. The maximum atomic E-state index is 9.11. The monoisotopic (exact) mass is 210 g/mol. The molecule has 0 amide bonds. The second-order valence-corrected chi connectivity index (χ2v) is 5.51. The van der Waals surface area contributed by atoms with E-state index >= 15 is 0 Å². The van der Waals surface area contributed by atoms with Gasteiger partial charge in [-0.25, -0.2) is 0 Å². The Bertz CT molecular complexity index is 222. The smallest absolute Gasteiger partial charge is 0.125 e. The van der Waals surface area contributed by atoms with Crippen LogP contribution in [0.25, 0.3) is 0 Å². The third-order valence-corrected chi connectivity index (χ3v) is 4.64. The summed E-state index contributed by atoms with van der Waals surface area (Å²) < 4.78 is 0. The molecule has 78 valence electrons. The fourth-order valence-electron chi connectivity index (χ4n) is 2.30. The molecule has 1 saturated carbocycles. The Labute approximate surface area is 90.4 Å². The quantitative estimate of drug-likeness (QED) is 0.710. The number of nitrogens with zero attached hydrogens (tertiary/aromatic N) is 1. The first-order valence-corrected chi connectivity index (χ1v) is 6.77. The van der Waals surface area contributed by atoms with Crippen LogP contribution in [0.3, 0.4) is 0 Å². The molecule has 14 heavy (non-hydrogen) atoms. The van der Waals surface area contributed by atoms with Gasteiger partial charge in [0.25, 0.3) is 0 Å². The first-order valence-electron chi connectivity index (χ1n) is 5.61. The number of nitrogens with one attached hydrogen (secondary N) is 1. The maximum Gasteiger partial charge on any atom is 0.125 e. The van der Waals surface area contributed by atoms with Crippen LogP contribution in [0, 0.1) is 11.3 Å². The van der Waals surface area contributed by atoms with Gasteiger partial charge in [0, 0.05) is 17.5 Å². The molecule has 2 nitrogen and oxygen atoms in total. The normalized spacial score (nSPS) is 27.4. The van der Waals surface area contributed by atoms with Gasteiger partial charge in [-0.15, -0.1) is 0 Å². The highest BCUT2D eigenvalue weighted by molar-refractivity contribution is 8.00. The Kier molecular flexibility index (Phi) is 3.35. The summed E-state index contributed by atoms with van der Waals surface area (Å²) in [6.07, 6.45) is 7.99. The maximum absolute atomic E-state index is 9.11. The highest BCUT2D eigenvalue weighted by atomic mass is 32.2. The van der Waals surface area contributed by atoms with Crippen molar-refractivity contribution in [2.45, 2.75) is 50.1 Å². The van der Waals surface area contributed by atoms with Crippen LogP contribution < -0.4 is 5.32 Å². The van der Waals surface area contributed by atoms with Gasteiger partial charge in [0.05, 0.1) is 6.07 Å². The molecule has 3 heteroatoms. The van der Waals surface area contributed by atoms with Crippen molar-refractivity contribution < 1.29 is 0 Å². The molecule has 1 N–H and O–H groups in total. The van der Waals surface area contributed by atoms with Crippen LogP contribution in [0.4, 0.5) is 0 Å². The summed E-state index contributed by atoms with van der Waals surface area (Å²) in [5.74, 6) is 1.97. The van der Waals surface area contributed by atoms with Crippen molar-refractivity contribution in [3.63, 3.8) is 0 Å². The van der Waals surface area contributed by atoms with Crippen molar-refractivity contribution in [1.29, 1.82) is 5.26 Å². The van der Waals surface area contributed by atoms with Crippen LogP contribution in [0.5, 0.6) is 0 Å². The van der Waals surface area contributed by atoms with Gasteiger partial charge < -0.3 is 0 Å². The summed E-state index contributed by atoms with van der Waals surface area (Å²) in [5.41, 5.74) is -0.167. The largest absolute Gasteiger partial charge is 0.295 e. The van der Waals surface area contributed by atoms with E-state index in [4.69, 9.17) is 5.26 Å². The molecule has 1 aliphatic heterocycles. The fraction of sp³-hybridized carbons (Fsp3) is 0.909. The molecule has 2 rings (SSSR count). The van der Waals surface area contributed by atoms with E-state index in [1.54, 1.807) is 0 Å². The van der Waals surface area contributed by atoms with Gasteiger partial charge in [-0.3, -0.25) is 5.32 Å². The van der Waals surface area contributed by atoms with Crippen LogP contribution in [0.15, 0.2) is 0 Å². The van der Waals surface area contributed by atoms with Gasteiger partial charge in [-0.05, 0) is 12.8 Å². The standard InChI is InChI=1S/C11H18N2S/c12-7-11(8-14-9-11)13-10-5-3-1-2-4-6-10/h10,13H,1-6,8-9H2. The second-order valence-electron chi connectivity index (χ2n) is 4.52. The molecule has 1 saturated heterocycles. The molecule has 0 unspecified atom stereocenters. The van der Waals surface area contributed by atoms with Gasteiger partial charge in [0.2, 0.25) is 0 Å². The summed E-state index contributed by atoms with van der Waals surface area (Å²) in [4.78, 5) is 0. The Balaban J connectivity index is 1.86. The second kappa shape index (κ2) is 4.55. The molecular weight excluding hydrogens is 192 g/mol. The minimum atomic E-state index is -0.167.